The maximum atomic E-state index is 12.2. The molecule has 0 aromatic heterocycles. The van der Waals surface area contributed by atoms with Gasteiger partial charge < -0.3 is 15.0 Å². The highest BCUT2D eigenvalue weighted by molar-refractivity contribution is 5.68. The third-order valence-electron chi connectivity index (χ3n) is 4.10. The van der Waals surface area contributed by atoms with Crippen molar-refractivity contribution in [3.63, 3.8) is 0 Å². The smallest absolute Gasteiger partial charge is 0.410 e. The van der Waals surface area contributed by atoms with Crippen LogP contribution in [0.1, 0.15) is 38.7 Å². The van der Waals surface area contributed by atoms with E-state index in [2.05, 4.69) is 29.6 Å². The van der Waals surface area contributed by atoms with Crippen molar-refractivity contribution in [3.8, 4) is 0 Å². The molecular weight excluding hydrogens is 276 g/mol. The Morgan fingerprint density at radius 1 is 1.36 bits per heavy atom. The van der Waals surface area contributed by atoms with E-state index in [0.717, 1.165) is 26.1 Å². The first-order chi connectivity index (χ1) is 10.4. The van der Waals surface area contributed by atoms with E-state index < -0.39 is 5.60 Å². The summed E-state index contributed by atoms with van der Waals surface area (Å²) >= 11 is 0. The summed E-state index contributed by atoms with van der Waals surface area (Å²) in [4.78, 5) is 14.1. The molecule has 2 rings (SSSR count). The van der Waals surface area contributed by atoms with Crippen LogP contribution in [0.5, 0.6) is 0 Å². The summed E-state index contributed by atoms with van der Waals surface area (Å²) in [7, 11) is 1.98. The SMILES string of the molecule is CNCC(c1ccccc1)C1CCN(C(=O)OC(C)(C)C)C1. The van der Waals surface area contributed by atoms with E-state index in [1.807, 2.05) is 38.8 Å². The fourth-order valence-corrected chi connectivity index (χ4v) is 3.08. The molecule has 0 spiro atoms. The van der Waals surface area contributed by atoms with Gasteiger partial charge in [0.15, 0.2) is 0 Å². The van der Waals surface area contributed by atoms with Gasteiger partial charge in [0.1, 0.15) is 5.60 Å². The maximum Gasteiger partial charge on any atom is 0.410 e. The minimum absolute atomic E-state index is 0.189. The molecule has 1 aliphatic heterocycles. The molecule has 0 radical (unpaired) electrons. The van der Waals surface area contributed by atoms with Crippen molar-refractivity contribution in [3.05, 3.63) is 35.9 Å². The average Bonchev–Trinajstić information content (AvgIpc) is 2.93. The Labute approximate surface area is 133 Å². The van der Waals surface area contributed by atoms with E-state index >= 15 is 0 Å². The van der Waals surface area contributed by atoms with Gasteiger partial charge in [-0.3, -0.25) is 0 Å². The zero-order valence-electron chi connectivity index (χ0n) is 14.1. The highest BCUT2D eigenvalue weighted by atomic mass is 16.6. The van der Waals surface area contributed by atoms with Crippen LogP contribution in [0.15, 0.2) is 30.3 Å². The van der Waals surface area contributed by atoms with Gasteiger partial charge in [-0.25, -0.2) is 4.79 Å². The highest BCUT2D eigenvalue weighted by Gasteiger charge is 2.34. The molecule has 122 valence electrons. The molecule has 0 bridgehead atoms. The van der Waals surface area contributed by atoms with E-state index in [4.69, 9.17) is 4.74 Å². The molecule has 1 amide bonds. The third-order valence-corrected chi connectivity index (χ3v) is 4.10. The largest absolute Gasteiger partial charge is 0.444 e. The lowest BCUT2D eigenvalue weighted by molar-refractivity contribution is 0.0286. The molecule has 1 N–H and O–H groups in total. The lowest BCUT2D eigenvalue weighted by Gasteiger charge is -2.26. The summed E-state index contributed by atoms with van der Waals surface area (Å²) < 4.78 is 5.49. The van der Waals surface area contributed by atoms with Crippen LogP contribution >= 0.6 is 0 Å². The summed E-state index contributed by atoms with van der Waals surface area (Å²) in [5, 5.41) is 3.29. The molecule has 1 aliphatic rings. The van der Waals surface area contributed by atoms with E-state index in [1.54, 1.807) is 0 Å². The Hall–Kier alpha value is -1.55. The number of carbonyl (C=O) groups excluding carboxylic acids is 1. The molecule has 22 heavy (non-hydrogen) atoms. The molecule has 0 saturated carbocycles. The molecule has 1 aromatic carbocycles. The number of likely N-dealkylation sites (tertiary alicyclic amines) is 1. The molecule has 2 unspecified atom stereocenters. The van der Waals surface area contributed by atoms with Crippen molar-refractivity contribution in [2.75, 3.05) is 26.7 Å². The van der Waals surface area contributed by atoms with Gasteiger partial charge >= 0.3 is 6.09 Å². The van der Waals surface area contributed by atoms with Crippen LogP contribution in [-0.4, -0.2) is 43.3 Å². The monoisotopic (exact) mass is 304 g/mol. The number of nitrogens with one attached hydrogen (secondary N) is 1. The Bertz CT molecular complexity index is 482. The Morgan fingerprint density at radius 2 is 2.05 bits per heavy atom. The minimum atomic E-state index is -0.432. The summed E-state index contributed by atoms with van der Waals surface area (Å²) in [6, 6.07) is 10.6. The standard InChI is InChI=1S/C18H28N2O2/c1-18(2,3)22-17(21)20-11-10-15(13-20)16(12-19-4)14-8-6-5-7-9-14/h5-9,15-16,19H,10-13H2,1-4H3. The fourth-order valence-electron chi connectivity index (χ4n) is 3.08. The summed E-state index contributed by atoms with van der Waals surface area (Å²) in [6.45, 7) is 8.21. The van der Waals surface area contributed by atoms with Gasteiger partial charge in [-0.15, -0.1) is 0 Å². The maximum absolute atomic E-state index is 12.2. The van der Waals surface area contributed by atoms with Crippen LogP contribution in [0.2, 0.25) is 0 Å². The second-order valence-electron chi connectivity index (χ2n) is 7.05. The second-order valence-corrected chi connectivity index (χ2v) is 7.05. The topological polar surface area (TPSA) is 41.6 Å². The number of ether oxygens (including phenoxy) is 1. The molecule has 0 aliphatic carbocycles. The normalized spacial score (nSPS) is 20.0. The number of likely N-dealkylation sites (N-methyl/N-ethyl adjacent to an activating group) is 1. The van der Waals surface area contributed by atoms with Gasteiger partial charge in [-0.05, 0) is 45.7 Å². The van der Waals surface area contributed by atoms with Gasteiger partial charge in [0.25, 0.3) is 0 Å². The molecule has 2 atom stereocenters. The van der Waals surface area contributed by atoms with Crippen LogP contribution in [0.3, 0.4) is 0 Å². The van der Waals surface area contributed by atoms with Gasteiger partial charge in [0.05, 0.1) is 0 Å². The van der Waals surface area contributed by atoms with Crippen LogP contribution in [-0.2, 0) is 4.74 Å². The summed E-state index contributed by atoms with van der Waals surface area (Å²) in [5.41, 5.74) is 0.909. The lowest BCUT2D eigenvalue weighted by Crippen LogP contribution is -2.36. The van der Waals surface area contributed by atoms with Gasteiger partial charge in [0.2, 0.25) is 0 Å². The van der Waals surface area contributed by atoms with E-state index in [9.17, 15) is 4.79 Å². The summed E-state index contributed by atoms with van der Waals surface area (Å²) in [6.07, 6.45) is 0.840. The number of rotatable bonds is 4. The Morgan fingerprint density at radius 3 is 2.64 bits per heavy atom. The van der Waals surface area contributed by atoms with E-state index in [-0.39, 0.29) is 6.09 Å². The molecule has 1 aromatic rings. The van der Waals surface area contributed by atoms with Crippen LogP contribution < -0.4 is 5.32 Å². The zero-order chi connectivity index (χ0) is 16.2. The predicted molar refractivity (Wildman–Crippen MR) is 89.0 cm³/mol. The number of hydrogen-bond donors (Lipinski definition) is 1. The first-order valence-electron chi connectivity index (χ1n) is 8.08. The Balaban J connectivity index is 2.02. The zero-order valence-corrected chi connectivity index (χ0v) is 14.1. The Kier molecular flexibility index (Phi) is 5.46. The van der Waals surface area contributed by atoms with Crippen molar-refractivity contribution >= 4 is 6.09 Å². The van der Waals surface area contributed by atoms with Crippen LogP contribution in [0, 0.1) is 5.92 Å². The van der Waals surface area contributed by atoms with Crippen molar-refractivity contribution in [1.29, 1.82) is 0 Å². The number of amides is 1. The van der Waals surface area contributed by atoms with Crippen molar-refractivity contribution in [1.82, 2.24) is 10.2 Å². The fraction of sp³-hybridized carbons (Fsp3) is 0.611. The molecular formula is C18H28N2O2. The van der Waals surface area contributed by atoms with Crippen LogP contribution in [0.4, 0.5) is 4.79 Å². The minimum Gasteiger partial charge on any atom is -0.444 e. The lowest BCUT2D eigenvalue weighted by atomic mass is 9.85. The average molecular weight is 304 g/mol. The second kappa shape index (κ2) is 7.14. The quantitative estimate of drug-likeness (QED) is 0.928. The van der Waals surface area contributed by atoms with Crippen LogP contribution in [0.25, 0.3) is 0 Å². The first-order valence-corrected chi connectivity index (χ1v) is 8.08. The third kappa shape index (κ3) is 4.47. The molecule has 1 fully saturated rings. The van der Waals surface area contributed by atoms with E-state index in [0.29, 0.717) is 11.8 Å². The van der Waals surface area contributed by atoms with Gasteiger partial charge in [-0.2, -0.15) is 0 Å². The van der Waals surface area contributed by atoms with E-state index in [1.165, 1.54) is 5.56 Å². The molecule has 1 heterocycles. The number of hydrogen-bond acceptors (Lipinski definition) is 3. The number of benzene rings is 1. The first kappa shape index (κ1) is 16.8. The number of carbonyl (C=O) groups is 1. The van der Waals surface area contributed by atoms with Crippen molar-refractivity contribution < 1.29 is 9.53 Å². The number of nitrogens with zero attached hydrogens (tertiary/aromatic N) is 1. The highest BCUT2D eigenvalue weighted by Crippen LogP contribution is 2.32. The van der Waals surface area contributed by atoms with Gasteiger partial charge in [0, 0.05) is 25.6 Å². The molecule has 4 heteroatoms. The summed E-state index contributed by atoms with van der Waals surface area (Å²) in [5.74, 6) is 0.904. The van der Waals surface area contributed by atoms with Crippen molar-refractivity contribution in [2.45, 2.75) is 38.7 Å². The van der Waals surface area contributed by atoms with Gasteiger partial charge in [-0.1, -0.05) is 30.3 Å². The predicted octanol–water partition coefficient (Wildman–Crippen LogP) is 3.25. The van der Waals surface area contributed by atoms with Crippen molar-refractivity contribution in [2.24, 2.45) is 5.92 Å². The molecule has 1 saturated heterocycles. The molecule has 4 nitrogen and oxygen atoms in total.